The van der Waals surface area contributed by atoms with Gasteiger partial charge in [-0.2, -0.15) is 0 Å². The van der Waals surface area contributed by atoms with Crippen molar-refractivity contribution in [3.8, 4) is 5.75 Å². The van der Waals surface area contributed by atoms with Crippen molar-refractivity contribution in [3.63, 3.8) is 0 Å². The van der Waals surface area contributed by atoms with Crippen LogP contribution in [0.3, 0.4) is 0 Å². The van der Waals surface area contributed by atoms with Crippen LogP contribution in [0, 0.1) is 5.82 Å². The molecule has 1 rings (SSSR count). The molecule has 19 heavy (non-hydrogen) atoms. The third-order valence-corrected chi connectivity index (χ3v) is 2.60. The van der Waals surface area contributed by atoms with E-state index in [1.54, 1.807) is 19.4 Å². The number of rotatable bonds is 5. The van der Waals surface area contributed by atoms with Gasteiger partial charge in [0.2, 0.25) is 0 Å². The fraction of sp³-hybridized carbons (Fsp3) is 0.400. The number of benzene rings is 1. The molecule has 0 N–H and O–H groups in total. The Balaban J connectivity index is 2.99. The highest BCUT2D eigenvalue weighted by Gasteiger charge is 2.07. The second kappa shape index (κ2) is 7.04. The summed E-state index contributed by atoms with van der Waals surface area (Å²) in [5, 5.41) is 0. The number of methoxy groups -OCH3 is 1. The molecule has 0 bridgehead atoms. The lowest BCUT2D eigenvalue weighted by Gasteiger charge is -2.09. The van der Waals surface area contributed by atoms with Crippen LogP contribution < -0.4 is 4.74 Å². The van der Waals surface area contributed by atoms with Gasteiger partial charge in [-0.15, -0.1) is 0 Å². The highest BCUT2D eigenvalue weighted by molar-refractivity contribution is 6.01. The molecular weight excluding hydrogens is 243 g/mol. The van der Waals surface area contributed by atoms with Crippen LogP contribution in [0.15, 0.2) is 35.0 Å². The fourth-order valence-corrected chi connectivity index (χ4v) is 1.78. The monoisotopic (exact) mass is 264 g/mol. The van der Waals surface area contributed by atoms with Crippen LogP contribution in [0.4, 0.5) is 4.39 Å². The summed E-state index contributed by atoms with van der Waals surface area (Å²) in [5.41, 5.74) is 2.55. The van der Waals surface area contributed by atoms with Gasteiger partial charge in [-0.3, -0.25) is 4.99 Å². The zero-order valence-electron chi connectivity index (χ0n) is 12.2. The molecule has 0 fully saturated rings. The predicted molar refractivity (Wildman–Crippen MR) is 77.5 cm³/mol. The molecule has 0 aliphatic heterocycles. The van der Waals surface area contributed by atoms with E-state index >= 15 is 0 Å². The Kier molecular flexibility index (Phi) is 5.70. The molecule has 0 aromatic heterocycles. The van der Waals surface area contributed by atoms with E-state index in [4.69, 9.17) is 4.74 Å². The first-order valence-electron chi connectivity index (χ1n) is 6.12. The van der Waals surface area contributed by atoms with Crippen molar-refractivity contribution < 1.29 is 9.13 Å². The first kappa shape index (κ1) is 15.4. The number of likely N-dealkylation sites (N-methyl/N-ethyl adjacent to an activating group) is 1. The van der Waals surface area contributed by atoms with Gasteiger partial charge in [0.05, 0.1) is 7.11 Å². The molecule has 0 atom stereocenters. The Hall–Kier alpha value is -1.68. The lowest BCUT2D eigenvalue weighted by molar-refractivity contribution is 0.412. The van der Waals surface area contributed by atoms with Crippen LogP contribution in [0.2, 0.25) is 0 Å². The summed E-state index contributed by atoms with van der Waals surface area (Å²) in [6.45, 7) is 4.70. The summed E-state index contributed by atoms with van der Waals surface area (Å²) in [6, 6.07) is 4.43. The maximum absolute atomic E-state index is 13.3. The van der Waals surface area contributed by atoms with Gasteiger partial charge in [-0.1, -0.05) is 0 Å². The topological polar surface area (TPSA) is 24.8 Å². The van der Waals surface area contributed by atoms with Gasteiger partial charge in [0, 0.05) is 24.0 Å². The molecule has 0 saturated carbocycles. The average molecular weight is 264 g/mol. The van der Waals surface area contributed by atoms with Gasteiger partial charge in [-0.25, -0.2) is 4.39 Å². The maximum Gasteiger partial charge on any atom is 0.128 e. The Bertz CT molecular complexity index is 493. The molecule has 1 aromatic carbocycles. The highest BCUT2D eigenvalue weighted by Crippen LogP contribution is 2.20. The fourth-order valence-electron chi connectivity index (χ4n) is 1.78. The minimum absolute atomic E-state index is 0.292. The predicted octanol–water partition coefficient (Wildman–Crippen LogP) is 3.11. The van der Waals surface area contributed by atoms with Gasteiger partial charge in [-0.05, 0) is 51.7 Å². The summed E-state index contributed by atoms with van der Waals surface area (Å²) in [5.74, 6) is 0.334. The highest BCUT2D eigenvalue weighted by atomic mass is 19.1. The van der Waals surface area contributed by atoms with Crippen molar-refractivity contribution in [1.82, 2.24) is 4.90 Å². The zero-order valence-corrected chi connectivity index (χ0v) is 12.2. The van der Waals surface area contributed by atoms with Gasteiger partial charge in [0.25, 0.3) is 0 Å². The molecule has 0 aliphatic carbocycles. The second-order valence-electron chi connectivity index (χ2n) is 4.77. The molecule has 0 amide bonds. The van der Waals surface area contributed by atoms with E-state index < -0.39 is 0 Å². The van der Waals surface area contributed by atoms with Crippen LogP contribution in [-0.4, -0.2) is 38.4 Å². The Morgan fingerprint density at radius 3 is 2.63 bits per heavy atom. The first-order valence-corrected chi connectivity index (χ1v) is 6.12. The number of hydrogen-bond donors (Lipinski definition) is 0. The summed E-state index contributed by atoms with van der Waals surface area (Å²) in [7, 11) is 5.57. The minimum Gasteiger partial charge on any atom is -0.496 e. The van der Waals surface area contributed by atoms with Gasteiger partial charge < -0.3 is 9.64 Å². The molecule has 0 aliphatic rings. The van der Waals surface area contributed by atoms with Crippen LogP contribution in [0.1, 0.15) is 19.4 Å². The quantitative estimate of drug-likeness (QED) is 0.763. The Labute approximate surface area is 114 Å². The molecule has 3 nitrogen and oxygen atoms in total. The summed E-state index contributed by atoms with van der Waals surface area (Å²) < 4.78 is 18.5. The summed E-state index contributed by atoms with van der Waals surface area (Å²) in [4.78, 5) is 6.45. The van der Waals surface area contributed by atoms with Crippen molar-refractivity contribution in [3.05, 3.63) is 41.4 Å². The van der Waals surface area contributed by atoms with Crippen LogP contribution in [0.25, 0.3) is 0 Å². The number of aliphatic imine (C=N–C) groups is 1. The zero-order chi connectivity index (χ0) is 14.4. The summed E-state index contributed by atoms with van der Waals surface area (Å²) >= 11 is 0. The molecule has 0 unspecified atom stereocenters. The van der Waals surface area contributed by atoms with Gasteiger partial charge >= 0.3 is 0 Å². The van der Waals surface area contributed by atoms with Crippen molar-refractivity contribution in [1.29, 1.82) is 0 Å². The van der Waals surface area contributed by atoms with E-state index in [0.717, 1.165) is 17.8 Å². The van der Waals surface area contributed by atoms with E-state index in [1.807, 2.05) is 27.9 Å². The lowest BCUT2D eigenvalue weighted by atomic mass is 10.1. The number of ether oxygens (including phenoxy) is 1. The molecule has 0 radical (unpaired) electrons. The molecule has 0 heterocycles. The lowest BCUT2D eigenvalue weighted by Crippen LogP contribution is -2.13. The number of halogens is 1. The van der Waals surface area contributed by atoms with Crippen LogP contribution in [0.5, 0.6) is 5.75 Å². The van der Waals surface area contributed by atoms with E-state index in [9.17, 15) is 4.39 Å². The SMILES string of the molecule is COc1ccc(F)cc1C(C)=N/C=C(\C)CN(C)C. The Morgan fingerprint density at radius 2 is 2.05 bits per heavy atom. The standard InChI is InChI=1S/C15H21FN2O/c1-11(10-18(3)4)9-17-12(2)14-8-13(16)6-7-15(14)19-5/h6-9H,10H2,1-5H3/b11-9+,17-12?. The molecule has 0 spiro atoms. The van der Waals surface area contributed by atoms with Crippen molar-refractivity contribution in [2.45, 2.75) is 13.8 Å². The average Bonchev–Trinajstić information content (AvgIpc) is 2.35. The molecule has 1 aromatic rings. The molecule has 4 heteroatoms. The minimum atomic E-state index is -0.292. The van der Waals surface area contributed by atoms with E-state index in [2.05, 4.69) is 9.89 Å². The van der Waals surface area contributed by atoms with E-state index in [1.165, 1.54) is 12.1 Å². The van der Waals surface area contributed by atoms with E-state index in [0.29, 0.717) is 11.3 Å². The largest absolute Gasteiger partial charge is 0.496 e. The van der Waals surface area contributed by atoms with Crippen molar-refractivity contribution >= 4 is 5.71 Å². The third-order valence-electron chi connectivity index (χ3n) is 2.60. The van der Waals surface area contributed by atoms with E-state index in [-0.39, 0.29) is 5.82 Å². The summed E-state index contributed by atoms with van der Waals surface area (Å²) in [6.07, 6.45) is 1.81. The Morgan fingerprint density at radius 1 is 1.37 bits per heavy atom. The van der Waals surface area contributed by atoms with Crippen LogP contribution in [-0.2, 0) is 0 Å². The molecule has 104 valence electrons. The normalized spacial score (nSPS) is 13.0. The van der Waals surface area contributed by atoms with Crippen molar-refractivity contribution in [2.24, 2.45) is 4.99 Å². The first-order chi connectivity index (χ1) is 8.93. The molecular formula is C15H21FN2O. The number of nitrogens with zero attached hydrogens (tertiary/aromatic N) is 2. The maximum atomic E-state index is 13.3. The van der Waals surface area contributed by atoms with Crippen molar-refractivity contribution in [2.75, 3.05) is 27.7 Å². The number of hydrogen-bond acceptors (Lipinski definition) is 3. The van der Waals surface area contributed by atoms with Gasteiger partial charge in [0.1, 0.15) is 11.6 Å². The second-order valence-corrected chi connectivity index (χ2v) is 4.77. The smallest absolute Gasteiger partial charge is 0.128 e. The molecule has 0 saturated heterocycles. The van der Waals surface area contributed by atoms with Crippen LogP contribution >= 0.6 is 0 Å². The third kappa shape index (κ3) is 4.83. The van der Waals surface area contributed by atoms with Gasteiger partial charge in [0.15, 0.2) is 0 Å².